The molecule has 0 amide bonds. The molecule has 0 saturated heterocycles. The van der Waals surface area contributed by atoms with Crippen LogP contribution in [0.15, 0.2) is 54.7 Å². The number of nitrogens with one attached hydrogen (secondary N) is 1. The van der Waals surface area contributed by atoms with Crippen molar-refractivity contribution < 1.29 is 9.47 Å². The van der Waals surface area contributed by atoms with Crippen LogP contribution in [-0.4, -0.2) is 28.2 Å². The Bertz CT molecular complexity index is 832. The molecule has 1 aromatic heterocycles. The van der Waals surface area contributed by atoms with Crippen LogP contribution < -0.4 is 14.8 Å². The molecule has 1 N–H and O–H groups in total. The van der Waals surface area contributed by atoms with E-state index in [9.17, 15) is 0 Å². The maximum Gasteiger partial charge on any atom is 0.163 e. The van der Waals surface area contributed by atoms with Crippen LogP contribution in [0.2, 0.25) is 0 Å². The Morgan fingerprint density at radius 1 is 1.04 bits per heavy atom. The lowest BCUT2D eigenvalue weighted by molar-refractivity contribution is 0.171. The number of para-hydroxylation sites is 1. The summed E-state index contributed by atoms with van der Waals surface area (Å²) in [6.07, 6.45) is 1.94. The molecule has 0 saturated carbocycles. The molecule has 0 radical (unpaired) electrons. The molecule has 6 nitrogen and oxygen atoms in total. The van der Waals surface area contributed by atoms with Gasteiger partial charge in [-0.3, -0.25) is 0 Å². The third-order valence-electron chi connectivity index (χ3n) is 3.90. The van der Waals surface area contributed by atoms with E-state index in [1.807, 2.05) is 54.7 Å². The van der Waals surface area contributed by atoms with Crippen molar-refractivity contribution in [2.24, 2.45) is 0 Å². The molecule has 2 heterocycles. The number of hydrogen-bond donors (Lipinski definition) is 1. The fraction of sp³-hybridized carbons (Fsp3) is 0.222. The monoisotopic (exact) mass is 322 g/mol. The van der Waals surface area contributed by atoms with Crippen molar-refractivity contribution in [3.8, 4) is 17.2 Å². The van der Waals surface area contributed by atoms with Crippen molar-refractivity contribution in [3.05, 3.63) is 60.4 Å². The Balaban J connectivity index is 1.50. The molecule has 0 bridgehead atoms. The number of nitrogens with zero attached hydrogens (tertiary/aromatic N) is 3. The summed E-state index contributed by atoms with van der Waals surface area (Å²) in [5.74, 6) is 1.56. The van der Waals surface area contributed by atoms with Crippen molar-refractivity contribution in [2.75, 3.05) is 18.5 Å². The first-order chi connectivity index (χ1) is 11.8. The molecule has 122 valence electrons. The number of fused-ring (bicyclic) bond motifs is 1. The van der Waals surface area contributed by atoms with Crippen LogP contribution in [0.5, 0.6) is 11.5 Å². The van der Waals surface area contributed by atoms with Gasteiger partial charge in [0.05, 0.1) is 17.9 Å². The molecule has 2 aromatic carbocycles. The number of aromatic nitrogens is 3. The summed E-state index contributed by atoms with van der Waals surface area (Å²) >= 11 is 0. The molecule has 1 unspecified atom stereocenters. The lowest BCUT2D eigenvalue weighted by atomic mass is 10.2. The fourth-order valence-electron chi connectivity index (χ4n) is 2.64. The maximum absolute atomic E-state index is 5.62. The van der Waals surface area contributed by atoms with E-state index in [1.165, 1.54) is 0 Å². The first-order valence-electron chi connectivity index (χ1n) is 7.93. The summed E-state index contributed by atoms with van der Waals surface area (Å²) in [4.78, 5) is 0. The molecule has 0 spiro atoms. The lowest BCUT2D eigenvalue weighted by Gasteiger charge is -2.20. The molecule has 1 aliphatic rings. The number of rotatable bonds is 4. The highest BCUT2D eigenvalue weighted by molar-refractivity contribution is 5.55. The molecular formula is C18H18N4O2. The summed E-state index contributed by atoms with van der Waals surface area (Å²) in [5.41, 5.74) is 2.82. The normalized spacial score (nSPS) is 14.2. The number of anilines is 1. The fourth-order valence-corrected chi connectivity index (χ4v) is 2.64. The van der Waals surface area contributed by atoms with Crippen LogP contribution >= 0.6 is 0 Å². The minimum atomic E-state index is 0.0185. The van der Waals surface area contributed by atoms with E-state index in [1.54, 1.807) is 4.68 Å². The predicted molar refractivity (Wildman–Crippen MR) is 90.8 cm³/mol. The standard InChI is InChI=1S/C18H18N4O2/c1-13(16-12-22(21-20-16)15-5-3-2-4-6-15)19-14-7-8-17-18(11-14)24-10-9-23-17/h2-8,11-13,19H,9-10H2,1H3. The van der Waals surface area contributed by atoms with E-state index in [0.717, 1.165) is 28.6 Å². The molecule has 4 rings (SSSR count). The second-order valence-electron chi connectivity index (χ2n) is 5.65. The number of ether oxygens (including phenoxy) is 2. The van der Waals surface area contributed by atoms with Gasteiger partial charge in [-0.05, 0) is 31.2 Å². The van der Waals surface area contributed by atoms with E-state index < -0.39 is 0 Å². The first-order valence-corrected chi connectivity index (χ1v) is 7.93. The van der Waals surface area contributed by atoms with Gasteiger partial charge in [0.2, 0.25) is 0 Å². The lowest BCUT2D eigenvalue weighted by Crippen LogP contribution is -2.15. The second-order valence-corrected chi connectivity index (χ2v) is 5.65. The Morgan fingerprint density at radius 2 is 1.83 bits per heavy atom. The average Bonchev–Trinajstić information content (AvgIpc) is 3.13. The number of benzene rings is 2. The zero-order valence-electron chi connectivity index (χ0n) is 13.3. The second kappa shape index (κ2) is 6.23. The van der Waals surface area contributed by atoms with Gasteiger partial charge in [-0.25, -0.2) is 4.68 Å². The van der Waals surface area contributed by atoms with Crippen molar-refractivity contribution in [1.82, 2.24) is 15.0 Å². The Morgan fingerprint density at radius 3 is 2.67 bits per heavy atom. The Kier molecular flexibility index (Phi) is 3.78. The Labute approximate surface area is 140 Å². The molecule has 6 heteroatoms. The van der Waals surface area contributed by atoms with Gasteiger partial charge in [0.25, 0.3) is 0 Å². The minimum Gasteiger partial charge on any atom is -0.486 e. The van der Waals surface area contributed by atoms with Crippen LogP contribution in [0, 0.1) is 0 Å². The highest BCUT2D eigenvalue weighted by Gasteiger charge is 2.14. The smallest absolute Gasteiger partial charge is 0.163 e. The van der Waals surface area contributed by atoms with E-state index in [-0.39, 0.29) is 6.04 Å². The predicted octanol–water partition coefficient (Wildman–Crippen LogP) is 3.21. The third kappa shape index (κ3) is 2.90. The zero-order chi connectivity index (χ0) is 16.4. The van der Waals surface area contributed by atoms with Crippen LogP contribution in [-0.2, 0) is 0 Å². The van der Waals surface area contributed by atoms with E-state index in [4.69, 9.17) is 9.47 Å². The van der Waals surface area contributed by atoms with E-state index in [2.05, 4.69) is 22.6 Å². The van der Waals surface area contributed by atoms with Crippen LogP contribution in [0.3, 0.4) is 0 Å². The maximum atomic E-state index is 5.62. The van der Waals surface area contributed by atoms with Gasteiger partial charge in [-0.1, -0.05) is 23.4 Å². The van der Waals surface area contributed by atoms with Gasteiger partial charge >= 0.3 is 0 Å². The first kappa shape index (κ1) is 14.6. The van der Waals surface area contributed by atoms with Crippen LogP contribution in [0.4, 0.5) is 5.69 Å². The third-order valence-corrected chi connectivity index (χ3v) is 3.90. The SMILES string of the molecule is CC(Nc1ccc2c(c1)OCCO2)c1cn(-c2ccccc2)nn1. The largest absolute Gasteiger partial charge is 0.486 e. The van der Waals surface area contributed by atoms with Crippen LogP contribution in [0.1, 0.15) is 18.7 Å². The molecular weight excluding hydrogens is 304 g/mol. The van der Waals surface area contributed by atoms with Gasteiger partial charge in [0.1, 0.15) is 18.9 Å². The zero-order valence-corrected chi connectivity index (χ0v) is 13.3. The minimum absolute atomic E-state index is 0.0185. The summed E-state index contributed by atoms with van der Waals surface area (Å²) in [6, 6.07) is 15.8. The van der Waals surface area contributed by atoms with Gasteiger partial charge < -0.3 is 14.8 Å². The number of hydrogen-bond acceptors (Lipinski definition) is 5. The van der Waals surface area contributed by atoms with Crippen molar-refractivity contribution in [1.29, 1.82) is 0 Å². The summed E-state index contributed by atoms with van der Waals surface area (Å²) in [7, 11) is 0. The van der Waals surface area contributed by atoms with Crippen molar-refractivity contribution >= 4 is 5.69 Å². The van der Waals surface area contributed by atoms with E-state index >= 15 is 0 Å². The van der Waals surface area contributed by atoms with Gasteiger partial charge in [-0.2, -0.15) is 0 Å². The quantitative estimate of drug-likeness (QED) is 0.799. The van der Waals surface area contributed by atoms with E-state index in [0.29, 0.717) is 13.2 Å². The Hall–Kier alpha value is -3.02. The van der Waals surface area contributed by atoms with Gasteiger partial charge in [0, 0.05) is 11.8 Å². The molecule has 0 aliphatic carbocycles. The molecule has 1 atom stereocenters. The summed E-state index contributed by atoms with van der Waals surface area (Å²) in [5, 5.41) is 11.9. The highest BCUT2D eigenvalue weighted by atomic mass is 16.6. The van der Waals surface area contributed by atoms with Gasteiger partial charge in [-0.15, -0.1) is 5.10 Å². The average molecular weight is 322 g/mol. The molecule has 3 aromatic rings. The van der Waals surface area contributed by atoms with Crippen LogP contribution in [0.25, 0.3) is 5.69 Å². The molecule has 1 aliphatic heterocycles. The highest BCUT2D eigenvalue weighted by Crippen LogP contribution is 2.33. The van der Waals surface area contributed by atoms with Gasteiger partial charge in [0.15, 0.2) is 11.5 Å². The summed E-state index contributed by atoms with van der Waals surface area (Å²) in [6.45, 7) is 3.23. The molecule has 24 heavy (non-hydrogen) atoms. The van der Waals surface area contributed by atoms with Crippen molar-refractivity contribution in [3.63, 3.8) is 0 Å². The summed E-state index contributed by atoms with van der Waals surface area (Å²) < 4.78 is 12.9. The topological polar surface area (TPSA) is 61.2 Å². The van der Waals surface area contributed by atoms with Crippen molar-refractivity contribution in [2.45, 2.75) is 13.0 Å². The molecule has 0 fully saturated rings.